The lowest BCUT2D eigenvalue weighted by molar-refractivity contribution is -0.119. The van der Waals surface area contributed by atoms with Crippen molar-refractivity contribution in [2.45, 2.75) is 18.7 Å². The average Bonchev–Trinajstić information content (AvgIpc) is 2.86. The standard InChI is InChI=1S/C25H27N3O6S/c1-17-9-12-20(13-10-17)35(31,32)28(22-14-11-19(33-3)15-24(22)34-4)16-25(30)27-26-18(2)21-7-5-6-8-23(21)29/h5-15,29H,16H2,1-4H3,(H,27,30)/b26-18-. The molecule has 2 N–H and O–H groups in total. The molecule has 0 atom stereocenters. The molecule has 0 unspecified atom stereocenters. The summed E-state index contributed by atoms with van der Waals surface area (Å²) in [6.45, 7) is 2.89. The third kappa shape index (κ3) is 5.90. The van der Waals surface area contributed by atoms with Gasteiger partial charge in [-0.2, -0.15) is 5.10 Å². The molecule has 0 fully saturated rings. The van der Waals surface area contributed by atoms with Crippen molar-refractivity contribution in [2.75, 3.05) is 25.1 Å². The Kier molecular flexibility index (Phi) is 7.98. The second-order valence-electron chi connectivity index (χ2n) is 7.61. The van der Waals surface area contributed by atoms with Crippen LogP contribution >= 0.6 is 0 Å². The normalized spacial score (nSPS) is 11.6. The van der Waals surface area contributed by atoms with Gasteiger partial charge in [0, 0.05) is 11.6 Å². The summed E-state index contributed by atoms with van der Waals surface area (Å²) in [7, 11) is -1.27. The van der Waals surface area contributed by atoms with E-state index in [0.29, 0.717) is 17.0 Å². The van der Waals surface area contributed by atoms with Crippen LogP contribution in [0.1, 0.15) is 18.1 Å². The number of anilines is 1. The highest BCUT2D eigenvalue weighted by Gasteiger charge is 2.29. The van der Waals surface area contributed by atoms with Gasteiger partial charge in [-0.25, -0.2) is 13.8 Å². The van der Waals surface area contributed by atoms with E-state index in [1.807, 2.05) is 6.92 Å². The van der Waals surface area contributed by atoms with Crippen molar-refractivity contribution in [1.82, 2.24) is 5.43 Å². The first-order chi connectivity index (χ1) is 16.7. The molecule has 0 aromatic heterocycles. The van der Waals surface area contributed by atoms with Crippen LogP contribution in [0, 0.1) is 6.92 Å². The number of rotatable bonds is 9. The Morgan fingerprint density at radius 2 is 1.71 bits per heavy atom. The number of nitrogens with one attached hydrogen (secondary N) is 1. The molecular formula is C25H27N3O6S. The molecule has 0 aliphatic carbocycles. The molecule has 0 saturated carbocycles. The molecule has 0 bridgehead atoms. The molecule has 0 aliphatic rings. The maximum absolute atomic E-state index is 13.6. The van der Waals surface area contributed by atoms with Gasteiger partial charge < -0.3 is 14.6 Å². The number of hydrogen-bond acceptors (Lipinski definition) is 7. The van der Waals surface area contributed by atoms with E-state index in [4.69, 9.17) is 9.47 Å². The molecule has 9 nitrogen and oxygen atoms in total. The number of amides is 1. The summed E-state index contributed by atoms with van der Waals surface area (Å²) in [6.07, 6.45) is 0. The Balaban J connectivity index is 1.97. The summed E-state index contributed by atoms with van der Waals surface area (Å²) >= 11 is 0. The quantitative estimate of drug-likeness (QED) is 0.345. The molecule has 3 aromatic carbocycles. The third-order valence-corrected chi connectivity index (χ3v) is 6.97. The lowest BCUT2D eigenvalue weighted by Crippen LogP contribution is -2.40. The van der Waals surface area contributed by atoms with Gasteiger partial charge >= 0.3 is 0 Å². The van der Waals surface area contributed by atoms with Gasteiger partial charge in [-0.15, -0.1) is 0 Å². The van der Waals surface area contributed by atoms with E-state index < -0.39 is 22.5 Å². The van der Waals surface area contributed by atoms with Crippen LogP contribution in [0.3, 0.4) is 0 Å². The summed E-state index contributed by atoms with van der Waals surface area (Å²) in [5.41, 5.74) is 4.21. The highest BCUT2D eigenvalue weighted by Crippen LogP contribution is 2.35. The molecule has 0 aliphatic heterocycles. The number of phenolic OH excluding ortho intramolecular Hbond substituents is 1. The fourth-order valence-electron chi connectivity index (χ4n) is 3.28. The Bertz CT molecular complexity index is 1340. The number of ether oxygens (including phenoxy) is 2. The molecule has 3 rings (SSSR count). The SMILES string of the molecule is COc1ccc(N(CC(=O)N/N=C(/C)c2ccccc2O)S(=O)(=O)c2ccc(C)cc2)c(OC)c1. The van der Waals surface area contributed by atoms with Crippen molar-refractivity contribution >= 4 is 27.3 Å². The molecule has 3 aromatic rings. The average molecular weight is 498 g/mol. The number of hydrogen-bond donors (Lipinski definition) is 2. The number of aryl methyl sites for hydroxylation is 1. The van der Waals surface area contributed by atoms with E-state index in [0.717, 1.165) is 9.87 Å². The van der Waals surface area contributed by atoms with Crippen molar-refractivity contribution in [1.29, 1.82) is 0 Å². The Morgan fingerprint density at radius 1 is 1.03 bits per heavy atom. The summed E-state index contributed by atoms with van der Waals surface area (Å²) in [4.78, 5) is 12.9. The van der Waals surface area contributed by atoms with E-state index >= 15 is 0 Å². The zero-order valence-electron chi connectivity index (χ0n) is 19.8. The highest BCUT2D eigenvalue weighted by atomic mass is 32.2. The van der Waals surface area contributed by atoms with Crippen molar-refractivity contribution < 1.29 is 27.8 Å². The zero-order valence-corrected chi connectivity index (χ0v) is 20.7. The minimum atomic E-state index is -4.15. The first-order valence-corrected chi connectivity index (χ1v) is 12.0. The number of methoxy groups -OCH3 is 2. The van der Waals surface area contributed by atoms with Crippen LogP contribution in [0.15, 0.2) is 76.7 Å². The number of benzene rings is 3. The Morgan fingerprint density at radius 3 is 2.34 bits per heavy atom. The van der Waals surface area contributed by atoms with Gasteiger partial charge in [-0.3, -0.25) is 9.10 Å². The summed E-state index contributed by atoms with van der Waals surface area (Å²) in [5, 5.41) is 14.0. The van der Waals surface area contributed by atoms with Crippen LogP contribution in [0.2, 0.25) is 0 Å². The smallest absolute Gasteiger partial charge is 0.264 e. The number of carbonyl (C=O) groups is 1. The minimum Gasteiger partial charge on any atom is -0.507 e. The highest BCUT2D eigenvalue weighted by molar-refractivity contribution is 7.92. The van der Waals surface area contributed by atoms with Gasteiger partial charge in [-0.1, -0.05) is 29.8 Å². The van der Waals surface area contributed by atoms with Crippen molar-refractivity contribution in [3.63, 3.8) is 0 Å². The largest absolute Gasteiger partial charge is 0.507 e. The van der Waals surface area contributed by atoms with E-state index in [-0.39, 0.29) is 22.1 Å². The molecular weight excluding hydrogens is 470 g/mol. The van der Waals surface area contributed by atoms with Crippen LogP contribution < -0.4 is 19.2 Å². The van der Waals surface area contributed by atoms with Gasteiger partial charge in [0.2, 0.25) is 0 Å². The lowest BCUT2D eigenvalue weighted by atomic mass is 10.1. The van der Waals surface area contributed by atoms with E-state index in [1.165, 1.54) is 44.6 Å². The fourth-order valence-corrected chi connectivity index (χ4v) is 4.71. The van der Waals surface area contributed by atoms with Crippen LogP contribution in [0.5, 0.6) is 17.2 Å². The minimum absolute atomic E-state index is 0.00884. The van der Waals surface area contributed by atoms with Gasteiger partial charge in [0.25, 0.3) is 15.9 Å². The summed E-state index contributed by atoms with van der Waals surface area (Å²) < 4.78 is 38.8. The molecule has 10 heteroatoms. The fraction of sp³-hybridized carbons (Fsp3) is 0.200. The number of hydrazone groups is 1. The van der Waals surface area contributed by atoms with Crippen LogP contribution in [-0.4, -0.2) is 45.9 Å². The first kappa shape index (κ1) is 25.6. The summed E-state index contributed by atoms with van der Waals surface area (Å²) in [5.74, 6) is -0.00442. The monoisotopic (exact) mass is 497 g/mol. The topological polar surface area (TPSA) is 118 Å². The molecule has 0 saturated heterocycles. The van der Waals surface area contributed by atoms with Gasteiger partial charge in [0.15, 0.2) is 0 Å². The maximum Gasteiger partial charge on any atom is 0.264 e. The second-order valence-corrected chi connectivity index (χ2v) is 9.47. The van der Waals surface area contributed by atoms with Gasteiger partial charge in [0.1, 0.15) is 23.8 Å². The molecule has 184 valence electrons. The number of nitrogens with zero attached hydrogens (tertiary/aromatic N) is 2. The molecule has 35 heavy (non-hydrogen) atoms. The molecule has 0 spiro atoms. The predicted molar refractivity (Wildman–Crippen MR) is 134 cm³/mol. The van der Waals surface area contributed by atoms with E-state index in [9.17, 15) is 18.3 Å². The van der Waals surface area contributed by atoms with Crippen LogP contribution in [0.4, 0.5) is 5.69 Å². The number of phenols is 1. The number of sulfonamides is 1. The third-order valence-electron chi connectivity index (χ3n) is 5.19. The molecule has 0 heterocycles. The van der Waals surface area contributed by atoms with Crippen molar-refractivity contribution in [2.24, 2.45) is 5.10 Å². The van der Waals surface area contributed by atoms with E-state index in [1.54, 1.807) is 43.3 Å². The maximum atomic E-state index is 13.6. The molecule has 1 amide bonds. The zero-order chi connectivity index (χ0) is 25.6. The number of para-hydroxylation sites is 1. The lowest BCUT2D eigenvalue weighted by Gasteiger charge is -2.25. The Labute approximate surface area is 204 Å². The molecule has 0 radical (unpaired) electrons. The van der Waals surface area contributed by atoms with Gasteiger partial charge in [0.05, 0.1) is 30.5 Å². The Hall–Kier alpha value is -4.05. The summed E-state index contributed by atoms with van der Waals surface area (Å²) in [6, 6.07) is 17.5. The second kappa shape index (κ2) is 10.9. The van der Waals surface area contributed by atoms with Crippen molar-refractivity contribution in [3.8, 4) is 17.2 Å². The number of aromatic hydroxyl groups is 1. The van der Waals surface area contributed by atoms with E-state index in [2.05, 4.69) is 10.5 Å². The number of carbonyl (C=O) groups excluding carboxylic acids is 1. The van der Waals surface area contributed by atoms with Gasteiger partial charge in [-0.05, 0) is 50.2 Å². The first-order valence-electron chi connectivity index (χ1n) is 10.6. The predicted octanol–water partition coefficient (Wildman–Crippen LogP) is 3.45. The van der Waals surface area contributed by atoms with Crippen molar-refractivity contribution in [3.05, 3.63) is 77.9 Å². The van der Waals surface area contributed by atoms with Crippen LogP contribution in [-0.2, 0) is 14.8 Å². The van der Waals surface area contributed by atoms with Crippen LogP contribution in [0.25, 0.3) is 0 Å².